The summed E-state index contributed by atoms with van der Waals surface area (Å²) >= 11 is 0. The Morgan fingerprint density at radius 1 is 0.333 bits per heavy atom. The van der Waals surface area contributed by atoms with Crippen LogP contribution in [0.2, 0.25) is 0 Å². The van der Waals surface area contributed by atoms with Crippen LogP contribution in [0.25, 0.3) is 0 Å². The second-order valence-electron chi connectivity index (χ2n) is 48.0. The Morgan fingerprint density at radius 2 is 0.657 bits per heavy atom. The van der Waals surface area contributed by atoms with Crippen molar-refractivity contribution in [2.24, 2.45) is 49.7 Å². The first-order valence-corrected chi connectivity index (χ1v) is 41.5. The van der Waals surface area contributed by atoms with Gasteiger partial charge >= 0.3 is 0 Å². The molecule has 5 heterocycles. The largest absolute Gasteiger partial charge is 0.468 e. The van der Waals surface area contributed by atoms with Crippen LogP contribution in [0.15, 0.2) is 154 Å². The predicted octanol–water partition coefficient (Wildman–Crippen LogP) is 30.4. The summed E-state index contributed by atoms with van der Waals surface area (Å²) in [6.45, 7) is 112. The maximum absolute atomic E-state index is 5.56. The minimum Gasteiger partial charge on any atom is -0.468 e. The highest BCUT2D eigenvalue weighted by atomic mass is 16.3. The molecule has 3 aliphatic heterocycles. The summed E-state index contributed by atoms with van der Waals surface area (Å²) in [6, 6.07) is 23.8. The second kappa shape index (κ2) is 37.1. The zero-order chi connectivity index (χ0) is 85.0. The topological polar surface area (TPSA) is 53.3 Å². The summed E-state index contributed by atoms with van der Waals surface area (Å²) in [5.74, 6) is 3.06. The molecule has 5 nitrogen and oxygen atoms in total. The Balaban J connectivity index is 0.000000618. The molecule has 0 saturated heterocycles. The number of nitrogens with zero attached hydrogens (tertiary/aromatic N) is 2. The second-order valence-corrected chi connectivity index (χ2v) is 48.0. The van der Waals surface area contributed by atoms with Crippen LogP contribution in [0, 0.1) is 49.7 Å². The SMILES string of the molecule is CC(C)(C)C1=C(C(C)(C)C)NCC=C1.CC(C)(C)C1=C(C(C)(C)C)NCC=C1.CC(C)(C)C1=CC=CCN1C(C)(C)C.CC(C)(C)C1CC1C(C)(C)C.CC(C)(C)c1ccccc1C(C)(C)C.CC(C)(C)c1ccccc1C(C)(C)C.CC(C)(C)c1cccnc1C(C)(C)C.CC(C)(C)c1ccoc1C(C)(C)C. The average Bonchev–Trinajstić information content (AvgIpc) is 1.63. The van der Waals surface area contributed by atoms with Gasteiger partial charge in [-0.3, -0.25) is 4.98 Å². The van der Waals surface area contributed by atoms with Gasteiger partial charge in [-0.2, -0.15) is 0 Å². The highest BCUT2D eigenvalue weighted by Crippen LogP contribution is 2.58. The van der Waals surface area contributed by atoms with E-state index < -0.39 is 0 Å². The third-order valence-electron chi connectivity index (χ3n) is 20.1. The van der Waals surface area contributed by atoms with Crippen molar-refractivity contribution in [3.05, 3.63) is 195 Å². The zero-order valence-electron chi connectivity index (χ0n) is 80.3. The molecule has 2 aromatic heterocycles. The lowest BCUT2D eigenvalue weighted by Crippen LogP contribution is -2.44. The van der Waals surface area contributed by atoms with Crippen LogP contribution in [0.5, 0.6) is 0 Å². The fraction of sp³-hybridized carbons (Fsp3) is 0.680. The molecule has 8 rings (SSSR count). The van der Waals surface area contributed by atoms with E-state index in [-0.39, 0.29) is 75.9 Å². The van der Waals surface area contributed by atoms with E-state index in [0.29, 0.717) is 10.8 Å². The van der Waals surface area contributed by atoms with E-state index in [1.807, 2.05) is 12.3 Å². The lowest BCUT2D eigenvalue weighted by Gasteiger charge is -2.44. The monoisotopic (exact) mass is 1490 g/mol. The van der Waals surface area contributed by atoms with Crippen LogP contribution in [0.4, 0.5) is 0 Å². The fourth-order valence-corrected chi connectivity index (χ4v) is 14.2. The van der Waals surface area contributed by atoms with E-state index in [4.69, 9.17) is 4.42 Å². The number of hydrogen-bond donors (Lipinski definition) is 2. The van der Waals surface area contributed by atoms with E-state index in [2.05, 4.69) is 456 Å². The van der Waals surface area contributed by atoms with Gasteiger partial charge in [-0.15, -0.1) is 0 Å². The van der Waals surface area contributed by atoms with Crippen LogP contribution < -0.4 is 10.6 Å². The number of aromatic nitrogens is 1. The smallest absolute Gasteiger partial charge is 0.112 e. The molecule has 1 saturated carbocycles. The molecule has 614 valence electrons. The Morgan fingerprint density at radius 3 is 0.870 bits per heavy atom. The van der Waals surface area contributed by atoms with Gasteiger partial charge in [0.05, 0.1) is 6.26 Å². The van der Waals surface area contributed by atoms with Crippen molar-refractivity contribution in [2.75, 3.05) is 19.6 Å². The summed E-state index contributed by atoms with van der Waals surface area (Å²) in [5, 5.41) is 7.02. The average molecular weight is 1490 g/mol. The Labute approximate surface area is 672 Å². The van der Waals surface area contributed by atoms with E-state index in [0.717, 1.165) is 37.2 Å². The van der Waals surface area contributed by atoms with E-state index >= 15 is 0 Å². The van der Waals surface area contributed by atoms with Gasteiger partial charge in [0.15, 0.2) is 0 Å². The molecule has 108 heavy (non-hydrogen) atoms. The van der Waals surface area contributed by atoms with Gasteiger partial charge in [0, 0.05) is 81.2 Å². The summed E-state index contributed by atoms with van der Waals surface area (Å²) in [7, 11) is 0. The van der Waals surface area contributed by atoms with Crippen LogP contribution >= 0.6 is 0 Å². The van der Waals surface area contributed by atoms with Crippen molar-refractivity contribution in [3.63, 3.8) is 0 Å². The lowest BCUT2D eigenvalue weighted by molar-refractivity contribution is 0.162. The van der Waals surface area contributed by atoms with Gasteiger partial charge in [0.1, 0.15) is 5.76 Å². The fourth-order valence-electron chi connectivity index (χ4n) is 14.2. The number of allylic oxidation sites excluding steroid dienone is 9. The van der Waals surface area contributed by atoms with Crippen LogP contribution in [-0.4, -0.2) is 35.1 Å². The van der Waals surface area contributed by atoms with Gasteiger partial charge in [-0.25, -0.2) is 0 Å². The molecular weight excluding hydrogens is 1310 g/mol. The molecule has 4 aliphatic rings. The third kappa shape index (κ3) is 33.6. The quantitative estimate of drug-likeness (QED) is 0.184. The van der Waals surface area contributed by atoms with E-state index in [1.54, 1.807) is 6.26 Å². The van der Waals surface area contributed by atoms with Gasteiger partial charge < -0.3 is 20.0 Å². The molecule has 2 atom stereocenters. The number of nitrogens with one attached hydrogen (secondary N) is 2. The number of hydrogen-bond acceptors (Lipinski definition) is 5. The van der Waals surface area contributed by atoms with Crippen molar-refractivity contribution in [1.29, 1.82) is 0 Å². The number of rotatable bonds is 0. The van der Waals surface area contributed by atoms with Crippen molar-refractivity contribution in [2.45, 2.75) is 388 Å². The molecule has 0 amide bonds. The molecule has 5 heteroatoms. The molecule has 2 N–H and O–H groups in total. The molecule has 0 spiro atoms. The maximum atomic E-state index is 5.56. The van der Waals surface area contributed by atoms with Gasteiger partial charge in [0.25, 0.3) is 0 Å². The standard InChI is InChI=1S/2C14H22.2C13H23N.C13H21N.C13H23N.C12H20O.C11H22/c2*1-13(2,3)11-9-7-8-10-12(11)14(4,5)6;3*1-12(2,3)10-8-7-9-14-11(10)13(4,5)6;1-12(2,3)11-9-7-8-10-14(11)13(4,5)6;1-11(2,3)9-7-8-13-10(9)12(4,5)6;1-10(2,3)8-7-9(8)11(4,5)6/h2*7-10H,1-6H3;2*7-8,14H,9H2,1-6H3;7-9H,1-6H3;7-9H,10H2,1-6H3;7-8H,1-6H3;8-9H,7H2,1-6H3. The third-order valence-corrected chi connectivity index (χ3v) is 20.1. The van der Waals surface area contributed by atoms with Crippen LogP contribution in [-0.2, 0) is 43.3 Å². The van der Waals surface area contributed by atoms with E-state index in [9.17, 15) is 0 Å². The maximum Gasteiger partial charge on any atom is 0.112 e. The Bertz CT molecular complexity index is 3220. The van der Waals surface area contributed by atoms with Crippen LogP contribution in [0.3, 0.4) is 0 Å². The minimum absolute atomic E-state index is 0.103. The molecule has 0 bridgehead atoms. The molecule has 1 fully saturated rings. The number of benzene rings is 2. The van der Waals surface area contributed by atoms with Crippen molar-refractivity contribution in [3.8, 4) is 0 Å². The predicted molar refractivity (Wildman–Crippen MR) is 485 cm³/mol. The molecule has 4 aromatic rings. The molecule has 1 aliphatic carbocycles. The first kappa shape index (κ1) is 101. The Hall–Kier alpha value is -5.29. The van der Waals surface area contributed by atoms with E-state index in [1.165, 1.54) is 73.7 Å². The van der Waals surface area contributed by atoms with Gasteiger partial charge in [-0.1, -0.05) is 403 Å². The summed E-state index contributed by atoms with van der Waals surface area (Å²) < 4.78 is 5.56. The van der Waals surface area contributed by atoms with Gasteiger partial charge in [0.2, 0.25) is 0 Å². The number of pyridine rings is 1. The van der Waals surface area contributed by atoms with Gasteiger partial charge in [-0.05, 0) is 156 Å². The van der Waals surface area contributed by atoms with Crippen molar-refractivity contribution in [1.82, 2.24) is 20.5 Å². The van der Waals surface area contributed by atoms with Crippen molar-refractivity contribution < 1.29 is 4.42 Å². The van der Waals surface area contributed by atoms with Crippen LogP contribution in [0.1, 0.15) is 384 Å². The highest BCUT2D eigenvalue weighted by molar-refractivity contribution is 5.41. The zero-order valence-corrected chi connectivity index (χ0v) is 80.3. The first-order chi connectivity index (χ1) is 47.8. The molecule has 0 radical (unpaired) electrons. The highest BCUT2D eigenvalue weighted by Gasteiger charge is 2.50. The number of furan rings is 1. The summed E-state index contributed by atoms with van der Waals surface area (Å²) in [6.07, 6.45) is 20.7. The molecular formula is C103H176N4O. The number of dihydropyridines is 2. The summed E-state index contributed by atoms with van der Waals surface area (Å²) in [4.78, 5) is 7.00. The lowest BCUT2D eigenvalue weighted by atomic mass is 9.75. The molecule has 2 unspecified atom stereocenters. The summed E-state index contributed by atoms with van der Waals surface area (Å²) in [5.41, 5.74) is 20.8. The molecule has 2 aromatic carbocycles. The first-order valence-electron chi connectivity index (χ1n) is 41.5. The minimum atomic E-state index is 0.103. The normalized spacial score (nSPS) is 17.1. The van der Waals surface area contributed by atoms with Crippen molar-refractivity contribution >= 4 is 0 Å². The Kier molecular flexibility index (Phi) is 34.6.